The molecule has 0 saturated carbocycles. The van der Waals surface area contributed by atoms with Crippen molar-refractivity contribution in [2.24, 2.45) is 0 Å². The molecular weight excluding hydrogens is 630 g/mol. The minimum Gasteiger partial charge on any atom is -0.399 e. The van der Waals surface area contributed by atoms with Crippen LogP contribution in [-0.2, 0) is 5.41 Å². The highest BCUT2D eigenvalue weighted by Crippen LogP contribution is 2.57. The Balaban J connectivity index is 1.53. The van der Waals surface area contributed by atoms with Gasteiger partial charge in [0, 0.05) is 11.4 Å². The standard InChI is InChI=1S/C33H22F6N4O4/c1-15-3-7-19(40)13-25(15)42-27(44)21-9-5-17(11-23(21)29(42)46)31(32(34,35)36,33(37,38)39)18-6-10-22-24(12-18)30(47)43(28(22)45)26-14-20(41)8-4-16(26)2/h3-14H,40-41H2,1-2H3. The van der Waals surface area contributed by atoms with E-state index in [9.17, 15) is 19.2 Å². The second-order valence-corrected chi connectivity index (χ2v) is 11.2. The largest absolute Gasteiger partial charge is 0.411 e. The minimum absolute atomic E-state index is 0.0115. The van der Waals surface area contributed by atoms with E-state index in [0.29, 0.717) is 45.2 Å². The summed E-state index contributed by atoms with van der Waals surface area (Å²) in [5.74, 6) is -4.23. The topological polar surface area (TPSA) is 127 Å². The molecule has 240 valence electrons. The maximum absolute atomic E-state index is 15.1. The molecule has 0 saturated heterocycles. The van der Waals surface area contributed by atoms with Gasteiger partial charge in [-0.1, -0.05) is 24.3 Å². The summed E-state index contributed by atoms with van der Waals surface area (Å²) in [6.07, 6.45) is -12.2. The summed E-state index contributed by atoms with van der Waals surface area (Å²) in [6, 6.07) is 11.7. The zero-order valence-electron chi connectivity index (χ0n) is 24.4. The van der Waals surface area contributed by atoms with E-state index in [1.165, 1.54) is 50.2 Å². The lowest BCUT2D eigenvalue weighted by molar-refractivity contribution is -0.288. The number of nitrogen functional groups attached to an aromatic ring is 2. The summed E-state index contributed by atoms with van der Waals surface area (Å²) >= 11 is 0. The van der Waals surface area contributed by atoms with Crippen molar-refractivity contribution in [1.82, 2.24) is 0 Å². The van der Waals surface area contributed by atoms with E-state index in [4.69, 9.17) is 11.5 Å². The molecule has 4 aromatic carbocycles. The summed E-state index contributed by atoms with van der Waals surface area (Å²) in [5, 5.41) is 0. The number of carbonyl (C=O) groups is 4. The summed E-state index contributed by atoms with van der Waals surface area (Å²) in [7, 11) is 0. The lowest BCUT2D eigenvalue weighted by atomic mass is 9.71. The van der Waals surface area contributed by atoms with Gasteiger partial charge in [0.25, 0.3) is 23.6 Å². The number of nitrogens with two attached hydrogens (primary N) is 2. The predicted octanol–water partition coefficient (Wildman–Crippen LogP) is 6.48. The number of benzene rings is 4. The molecule has 0 fully saturated rings. The molecule has 0 atom stereocenters. The molecule has 47 heavy (non-hydrogen) atoms. The van der Waals surface area contributed by atoms with Crippen LogP contribution < -0.4 is 21.3 Å². The fourth-order valence-electron chi connectivity index (χ4n) is 6.10. The number of nitrogens with zero attached hydrogens (tertiary/aromatic N) is 2. The number of anilines is 4. The molecule has 0 spiro atoms. The third-order valence-electron chi connectivity index (χ3n) is 8.44. The van der Waals surface area contributed by atoms with Gasteiger partial charge in [0.15, 0.2) is 0 Å². The molecule has 4 N–H and O–H groups in total. The lowest BCUT2D eigenvalue weighted by Crippen LogP contribution is -2.55. The second kappa shape index (κ2) is 10.2. The van der Waals surface area contributed by atoms with Crippen LogP contribution in [0.3, 0.4) is 0 Å². The number of imide groups is 2. The van der Waals surface area contributed by atoms with Gasteiger partial charge in [0.05, 0.1) is 33.6 Å². The van der Waals surface area contributed by atoms with Gasteiger partial charge in [-0.05, 0) is 84.6 Å². The first-order valence-electron chi connectivity index (χ1n) is 13.8. The van der Waals surface area contributed by atoms with Crippen LogP contribution in [0.25, 0.3) is 0 Å². The summed E-state index contributed by atoms with van der Waals surface area (Å²) in [4.78, 5) is 54.6. The number of amides is 4. The number of rotatable bonds is 4. The number of aryl methyl sites for hydroxylation is 2. The lowest BCUT2D eigenvalue weighted by Gasteiger charge is -2.38. The molecule has 2 heterocycles. The number of halogens is 6. The van der Waals surface area contributed by atoms with Crippen LogP contribution in [0.4, 0.5) is 49.1 Å². The minimum atomic E-state index is -6.10. The van der Waals surface area contributed by atoms with Crippen LogP contribution in [0.5, 0.6) is 0 Å². The quantitative estimate of drug-likeness (QED) is 0.148. The molecule has 0 unspecified atom stereocenters. The van der Waals surface area contributed by atoms with Crippen LogP contribution in [0.1, 0.15) is 63.7 Å². The first kappa shape index (κ1) is 31.3. The Hall–Kier alpha value is -5.66. The second-order valence-electron chi connectivity index (χ2n) is 11.2. The normalized spacial score (nSPS) is 15.1. The van der Waals surface area contributed by atoms with E-state index in [1.54, 1.807) is 0 Å². The number of hydrogen-bond acceptors (Lipinski definition) is 6. The fourth-order valence-corrected chi connectivity index (χ4v) is 6.10. The van der Waals surface area contributed by atoms with Crippen molar-refractivity contribution in [3.8, 4) is 0 Å². The van der Waals surface area contributed by atoms with Gasteiger partial charge in [0.2, 0.25) is 5.41 Å². The average Bonchev–Trinajstić information content (AvgIpc) is 3.38. The maximum atomic E-state index is 15.1. The average molecular weight is 653 g/mol. The van der Waals surface area contributed by atoms with Crippen LogP contribution >= 0.6 is 0 Å². The van der Waals surface area contributed by atoms with E-state index in [1.807, 2.05) is 0 Å². The Morgan fingerprint density at radius 2 is 0.830 bits per heavy atom. The monoisotopic (exact) mass is 652 g/mol. The number of carbonyl (C=O) groups excluding carboxylic acids is 4. The molecule has 0 aliphatic carbocycles. The van der Waals surface area contributed by atoms with Gasteiger partial charge in [-0.15, -0.1) is 0 Å². The Kier molecular flexibility index (Phi) is 6.78. The fraction of sp³-hybridized carbons (Fsp3) is 0.152. The molecule has 6 rings (SSSR count). The highest BCUT2D eigenvalue weighted by Gasteiger charge is 2.73. The van der Waals surface area contributed by atoms with Gasteiger partial charge < -0.3 is 11.5 Å². The Labute approximate surface area is 262 Å². The third-order valence-corrected chi connectivity index (χ3v) is 8.44. The van der Waals surface area contributed by atoms with E-state index >= 15 is 26.3 Å². The van der Waals surface area contributed by atoms with Crippen LogP contribution in [-0.4, -0.2) is 36.0 Å². The van der Waals surface area contributed by atoms with Crippen molar-refractivity contribution in [2.45, 2.75) is 31.6 Å². The van der Waals surface area contributed by atoms with Crippen molar-refractivity contribution in [2.75, 3.05) is 21.3 Å². The van der Waals surface area contributed by atoms with Crippen molar-refractivity contribution >= 4 is 46.4 Å². The van der Waals surface area contributed by atoms with Gasteiger partial charge in [-0.3, -0.25) is 19.2 Å². The smallest absolute Gasteiger partial charge is 0.399 e. The van der Waals surface area contributed by atoms with Gasteiger partial charge in [-0.2, -0.15) is 26.3 Å². The van der Waals surface area contributed by atoms with E-state index in [0.717, 1.165) is 12.1 Å². The number of hydrogen-bond donors (Lipinski definition) is 2. The summed E-state index contributed by atoms with van der Waals surface area (Å²) < 4.78 is 90.6. The third kappa shape index (κ3) is 4.38. The van der Waals surface area contributed by atoms with Crippen LogP contribution in [0.2, 0.25) is 0 Å². The first-order valence-corrected chi connectivity index (χ1v) is 13.8. The number of alkyl halides is 6. The zero-order valence-corrected chi connectivity index (χ0v) is 24.4. The molecule has 14 heteroatoms. The molecule has 0 bridgehead atoms. The molecule has 0 radical (unpaired) electrons. The van der Waals surface area contributed by atoms with Crippen molar-refractivity contribution in [3.05, 3.63) is 117 Å². The summed E-state index contributed by atoms with van der Waals surface area (Å²) in [5.41, 5.74) is 2.85. The molecule has 2 aliphatic heterocycles. The number of fused-ring (bicyclic) bond motifs is 2. The van der Waals surface area contributed by atoms with Crippen LogP contribution in [0, 0.1) is 13.8 Å². The first-order chi connectivity index (χ1) is 21.9. The van der Waals surface area contributed by atoms with Gasteiger partial charge in [0.1, 0.15) is 0 Å². The molecule has 4 amide bonds. The molecule has 8 nitrogen and oxygen atoms in total. The molecule has 0 aromatic heterocycles. The van der Waals surface area contributed by atoms with E-state index in [2.05, 4.69) is 0 Å². The summed E-state index contributed by atoms with van der Waals surface area (Å²) in [6.45, 7) is 3.08. The van der Waals surface area contributed by atoms with E-state index < -0.39 is 74.8 Å². The Bertz CT molecular complexity index is 1920. The maximum Gasteiger partial charge on any atom is 0.411 e. The zero-order chi connectivity index (χ0) is 34.4. The Morgan fingerprint density at radius 1 is 0.489 bits per heavy atom. The van der Waals surface area contributed by atoms with Crippen molar-refractivity contribution in [3.63, 3.8) is 0 Å². The molecule has 2 aliphatic rings. The van der Waals surface area contributed by atoms with Gasteiger partial charge in [-0.25, -0.2) is 9.80 Å². The van der Waals surface area contributed by atoms with Crippen molar-refractivity contribution < 1.29 is 45.5 Å². The SMILES string of the molecule is Cc1ccc(N)cc1N1C(=O)c2ccc(C(c3ccc4c(c3)C(=O)N(c3cc(N)ccc3C)C4=O)(C(F)(F)F)C(F)(F)F)cc2C1=O. The van der Waals surface area contributed by atoms with Crippen molar-refractivity contribution in [1.29, 1.82) is 0 Å². The van der Waals surface area contributed by atoms with Crippen LogP contribution in [0.15, 0.2) is 72.8 Å². The molecular formula is C33H22F6N4O4. The highest BCUT2D eigenvalue weighted by atomic mass is 19.4. The van der Waals surface area contributed by atoms with E-state index in [-0.39, 0.29) is 22.7 Å². The highest BCUT2D eigenvalue weighted by molar-refractivity contribution is 6.35. The predicted molar refractivity (Wildman–Crippen MR) is 159 cm³/mol. The van der Waals surface area contributed by atoms with Gasteiger partial charge >= 0.3 is 12.4 Å². The molecule has 4 aromatic rings. The Morgan fingerprint density at radius 3 is 1.17 bits per heavy atom.